The lowest BCUT2D eigenvalue weighted by Gasteiger charge is -2.26. The van der Waals surface area contributed by atoms with Crippen molar-refractivity contribution in [2.75, 3.05) is 20.3 Å². The maximum atomic E-state index is 9.96. The molecule has 0 radical (unpaired) electrons. The monoisotopic (exact) mass is 175 g/mol. The lowest BCUT2D eigenvalue weighted by molar-refractivity contribution is -0.0442. The molecule has 0 saturated heterocycles. The van der Waals surface area contributed by atoms with Crippen molar-refractivity contribution in [2.24, 2.45) is 5.73 Å². The standard InChI is InChI=1S/C9H21NO2/c1-3-5-9(11,8-12-2)6-4-7-10/h11H,3-8,10H2,1-2H3. The van der Waals surface area contributed by atoms with E-state index in [0.29, 0.717) is 13.2 Å². The molecular formula is C9H21NO2. The summed E-state index contributed by atoms with van der Waals surface area (Å²) in [6.45, 7) is 3.11. The van der Waals surface area contributed by atoms with Crippen molar-refractivity contribution in [3.8, 4) is 0 Å². The molecule has 1 unspecified atom stereocenters. The predicted octanol–water partition coefficient (Wildman–Crippen LogP) is 0.903. The van der Waals surface area contributed by atoms with Gasteiger partial charge in [0.15, 0.2) is 0 Å². The lowest BCUT2D eigenvalue weighted by Crippen LogP contribution is -2.34. The number of rotatable bonds is 7. The third-order valence-electron chi connectivity index (χ3n) is 1.97. The third kappa shape index (κ3) is 4.70. The average Bonchev–Trinajstić information content (AvgIpc) is 2.02. The summed E-state index contributed by atoms with van der Waals surface area (Å²) in [7, 11) is 1.61. The predicted molar refractivity (Wildman–Crippen MR) is 50.0 cm³/mol. The smallest absolute Gasteiger partial charge is 0.0880 e. The van der Waals surface area contributed by atoms with Crippen molar-refractivity contribution in [3.63, 3.8) is 0 Å². The van der Waals surface area contributed by atoms with Crippen LogP contribution in [0.25, 0.3) is 0 Å². The number of ether oxygens (including phenoxy) is 1. The van der Waals surface area contributed by atoms with Crippen LogP contribution < -0.4 is 5.73 Å². The summed E-state index contributed by atoms with van der Waals surface area (Å²) < 4.78 is 4.97. The van der Waals surface area contributed by atoms with E-state index in [9.17, 15) is 5.11 Å². The van der Waals surface area contributed by atoms with E-state index >= 15 is 0 Å². The highest BCUT2D eigenvalue weighted by Crippen LogP contribution is 2.19. The Hall–Kier alpha value is -0.120. The highest BCUT2D eigenvalue weighted by molar-refractivity contribution is 4.77. The van der Waals surface area contributed by atoms with Crippen LogP contribution in [0.2, 0.25) is 0 Å². The maximum absolute atomic E-state index is 9.96. The van der Waals surface area contributed by atoms with Gasteiger partial charge in [-0.2, -0.15) is 0 Å². The molecule has 0 aromatic rings. The number of aliphatic hydroxyl groups is 1. The summed E-state index contributed by atoms with van der Waals surface area (Å²) in [5, 5.41) is 9.96. The van der Waals surface area contributed by atoms with Gasteiger partial charge >= 0.3 is 0 Å². The Bertz CT molecular complexity index is 101. The van der Waals surface area contributed by atoms with E-state index in [1.54, 1.807) is 7.11 Å². The Balaban J connectivity index is 3.80. The molecule has 3 heteroatoms. The lowest BCUT2D eigenvalue weighted by atomic mass is 9.93. The first-order chi connectivity index (χ1) is 5.68. The normalized spacial score (nSPS) is 16.0. The molecule has 1 atom stereocenters. The van der Waals surface area contributed by atoms with Gasteiger partial charge in [0.1, 0.15) is 0 Å². The van der Waals surface area contributed by atoms with Crippen LogP contribution in [0.5, 0.6) is 0 Å². The van der Waals surface area contributed by atoms with Crippen LogP contribution in [-0.4, -0.2) is 31.0 Å². The first-order valence-corrected chi connectivity index (χ1v) is 4.60. The summed E-state index contributed by atoms with van der Waals surface area (Å²) in [5.74, 6) is 0. The minimum Gasteiger partial charge on any atom is -0.387 e. The molecule has 12 heavy (non-hydrogen) atoms. The molecular weight excluding hydrogens is 154 g/mol. The van der Waals surface area contributed by atoms with Crippen LogP contribution in [0.3, 0.4) is 0 Å². The zero-order valence-electron chi connectivity index (χ0n) is 8.18. The molecule has 0 aliphatic rings. The van der Waals surface area contributed by atoms with Crippen LogP contribution >= 0.6 is 0 Å². The Morgan fingerprint density at radius 1 is 1.42 bits per heavy atom. The molecule has 0 saturated carbocycles. The second kappa shape index (κ2) is 6.40. The topological polar surface area (TPSA) is 55.5 Å². The number of hydrogen-bond donors (Lipinski definition) is 2. The minimum atomic E-state index is -0.650. The summed E-state index contributed by atoms with van der Waals surface area (Å²) in [6, 6.07) is 0. The second-order valence-corrected chi connectivity index (χ2v) is 3.30. The molecule has 0 heterocycles. The van der Waals surface area contributed by atoms with Gasteiger partial charge in [-0.1, -0.05) is 13.3 Å². The fourth-order valence-corrected chi connectivity index (χ4v) is 1.43. The molecule has 0 aromatic heterocycles. The maximum Gasteiger partial charge on any atom is 0.0880 e. The van der Waals surface area contributed by atoms with E-state index in [4.69, 9.17) is 10.5 Å². The van der Waals surface area contributed by atoms with Gasteiger partial charge in [-0.25, -0.2) is 0 Å². The molecule has 0 aliphatic carbocycles. The van der Waals surface area contributed by atoms with E-state index in [2.05, 4.69) is 6.92 Å². The molecule has 3 nitrogen and oxygen atoms in total. The molecule has 0 amide bonds. The van der Waals surface area contributed by atoms with Crippen LogP contribution in [-0.2, 0) is 4.74 Å². The summed E-state index contributed by atoms with van der Waals surface area (Å²) in [5.41, 5.74) is 4.73. The van der Waals surface area contributed by atoms with Crippen LogP contribution in [0.15, 0.2) is 0 Å². The van der Waals surface area contributed by atoms with E-state index < -0.39 is 5.60 Å². The molecule has 0 spiro atoms. The second-order valence-electron chi connectivity index (χ2n) is 3.30. The van der Waals surface area contributed by atoms with Crippen molar-refractivity contribution in [1.29, 1.82) is 0 Å². The quantitative estimate of drug-likeness (QED) is 0.604. The Morgan fingerprint density at radius 2 is 2.08 bits per heavy atom. The van der Waals surface area contributed by atoms with Gasteiger partial charge in [0, 0.05) is 7.11 Å². The minimum absolute atomic E-state index is 0.418. The van der Waals surface area contributed by atoms with Crippen molar-refractivity contribution in [1.82, 2.24) is 0 Å². The SMILES string of the molecule is CCCC(O)(CCCN)COC. The first kappa shape index (κ1) is 11.9. The van der Waals surface area contributed by atoms with Gasteiger partial charge < -0.3 is 15.6 Å². The zero-order chi connectivity index (χ0) is 9.45. The van der Waals surface area contributed by atoms with Gasteiger partial charge in [0.05, 0.1) is 12.2 Å². The van der Waals surface area contributed by atoms with E-state index in [1.807, 2.05) is 0 Å². The molecule has 0 aromatic carbocycles. The van der Waals surface area contributed by atoms with Crippen LogP contribution in [0.4, 0.5) is 0 Å². The summed E-state index contributed by atoms with van der Waals surface area (Å²) >= 11 is 0. The van der Waals surface area contributed by atoms with Gasteiger partial charge in [-0.3, -0.25) is 0 Å². The highest BCUT2D eigenvalue weighted by atomic mass is 16.5. The van der Waals surface area contributed by atoms with Crippen molar-refractivity contribution in [3.05, 3.63) is 0 Å². The van der Waals surface area contributed by atoms with Gasteiger partial charge in [0.2, 0.25) is 0 Å². The average molecular weight is 175 g/mol. The van der Waals surface area contributed by atoms with Crippen molar-refractivity contribution in [2.45, 2.75) is 38.2 Å². The molecule has 0 aliphatic heterocycles. The van der Waals surface area contributed by atoms with Gasteiger partial charge in [-0.15, -0.1) is 0 Å². The van der Waals surface area contributed by atoms with Crippen LogP contribution in [0.1, 0.15) is 32.6 Å². The Kier molecular flexibility index (Phi) is 6.34. The van der Waals surface area contributed by atoms with Gasteiger partial charge in [0.25, 0.3) is 0 Å². The molecule has 0 bridgehead atoms. The van der Waals surface area contributed by atoms with Crippen molar-refractivity contribution < 1.29 is 9.84 Å². The van der Waals surface area contributed by atoms with Crippen LogP contribution in [0, 0.1) is 0 Å². The summed E-state index contributed by atoms with van der Waals surface area (Å²) in [4.78, 5) is 0. The fourth-order valence-electron chi connectivity index (χ4n) is 1.43. The Morgan fingerprint density at radius 3 is 2.50 bits per heavy atom. The highest BCUT2D eigenvalue weighted by Gasteiger charge is 2.24. The molecule has 3 N–H and O–H groups in total. The largest absolute Gasteiger partial charge is 0.387 e. The fraction of sp³-hybridized carbons (Fsp3) is 1.00. The van der Waals surface area contributed by atoms with E-state index in [0.717, 1.165) is 25.7 Å². The third-order valence-corrected chi connectivity index (χ3v) is 1.97. The van der Waals surface area contributed by atoms with Gasteiger partial charge in [-0.05, 0) is 25.8 Å². The number of nitrogens with two attached hydrogens (primary N) is 1. The van der Waals surface area contributed by atoms with Crippen molar-refractivity contribution >= 4 is 0 Å². The number of hydrogen-bond acceptors (Lipinski definition) is 3. The van der Waals surface area contributed by atoms with E-state index in [1.165, 1.54) is 0 Å². The molecule has 74 valence electrons. The summed E-state index contributed by atoms with van der Waals surface area (Å²) in [6.07, 6.45) is 3.37. The zero-order valence-corrected chi connectivity index (χ0v) is 8.18. The molecule has 0 fully saturated rings. The Labute approximate surface area is 74.9 Å². The first-order valence-electron chi connectivity index (χ1n) is 4.60. The number of methoxy groups -OCH3 is 1. The van der Waals surface area contributed by atoms with E-state index in [-0.39, 0.29) is 0 Å². The molecule has 0 rings (SSSR count).